The summed E-state index contributed by atoms with van der Waals surface area (Å²) >= 11 is 0. The number of hydrogen-bond donors (Lipinski definition) is 1. The van der Waals surface area contributed by atoms with Crippen molar-refractivity contribution in [1.82, 2.24) is 9.78 Å². The lowest BCUT2D eigenvalue weighted by Crippen LogP contribution is -2.16. The highest BCUT2D eigenvalue weighted by molar-refractivity contribution is 5.99. The highest BCUT2D eigenvalue weighted by Crippen LogP contribution is 2.33. The third kappa shape index (κ3) is 2.91. The predicted octanol–water partition coefficient (Wildman–Crippen LogP) is 3.25. The molecule has 0 aliphatic carbocycles. The Morgan fingerprint density at radius 3 is 2.48 bits per heavy atom. The molecule has 4 nitrogen and oxygen atoms in total. The molecule has 21 heavy (non-hydrogen) atoms. The number of aromatic nitrogens is 2. The molecule has 2 N–H and O–H groups in total. The minimum Gasteiger partial charge on any atom is -0.366 e. The Hall–Kier alpha value is -2.31. The Labute approximate surface area is 119 Å². The van der Waals surface area contributed by atoms with E-state index in [1.807, 2.05) is 13.8 Å². The van der Waals surface area contributed by atoms with E-state index in [0.29, 0.717) is 11.3 Å². The molecule has 1 amide bonds. The molecule has 1 aromatic carbocycles. The fourth-order valence-electron chi connectivity index (χ4n) is 2.09. The van der Waals surface area contributed by atoms with Crippen LogP contribution in [0.2, 0.25) is 0 Å². The number of nitrogens with zero attached hydrogens (tertiary/aromatic N) is 2. The van der Waals surface area contributed by atoms with Gasteiger partial charge >= 0.3 is 6.18 Å². The van der Waals surface area contributed by atoms with Crippen LogP contribution in [0.5, 0.6) is 0 Å². The van der Waals surface area contributed by atoms with Crippen LogP contribution in [0, 0.1) is 0 Å². The second-order valence-electron chi connectivity index (χ2n) is 4.88. The Morgan fingerprint density at radius 1 is 1.29 bits per heavy atom. The molecule has 0 saturated carbocycles. The summed E-state index contributed by atoms with van der Waals surface area (Å²) in [4.78, 5) is 11.5. The number of hydrogen-bond acceptors (Lipinski definition) is 2. The number of benzene rings is 1. The minimum atomic E-state index is -4.53. The van der Waals surface area contributed by atoms with Gasteiger partial charge in [-0.2, -0.15) is 18.3 Å². The first-order valence-corrected chi connectivity index (χ1v) is 6.26. The summed E-state index contributed by atoms with van der Waals surface area (Å²) in [6, 6.07) is 4.58. The van der Waals surface area contributed by atoms with Gasteiger partial charge < -0.3 is 5.73 Å². The lowest BCUT2D eigenvalue weighted by atomic mass is 10.00. The Bertz CT molecular complexity index is 674. The van der Waals surface area contributed by atoms with E-state index in [9.17, 15) is 18.0 Å². The van der Waals surface area contributed by atoms with Crippen LogP contribution in [0.15, 0.2) is 30.5 Å². The number of amides is 1. The number of alkyl halides is 3. The van der Waals surface area contributed by atoms with Gasteiger partial charge in [-0.25, -0.2) is 0 Å². The van der Waals surface area contributed by atoms with E-state index in [4.69, 9.17) is 5.73 Å². The summed E-state index contributed by atoms with van der Waals surface area (Å²) in [6.45, 7) is 3.76. The smallest absolute Gasteiger partial charge is 0.366 e. The minimum absolute atomic E-state index is 0.00183. The van der Waals surface area contributed by atoms with Crippen molar-refractivity contribution in [3.8, 4) is 11.3 Å². The standard InChI is InChI=1S/C14H14F3N3O/c1-8(2)20-12(5-6-19-20)10-4-3-9(14(15,16)17)7-11(10)13(18)21/h3-8H,1-2H3,(H2,18,21). The highest BCUT2D eigenvalue weighted by atomic mass is 19.4. The third-order valence-corrected chi connectivity index (χ3v) is 3.05. The second-order valence-corrected chi connectivity index (χ2v) is 4.88. The zero-order chi connectivity index (χ0) is 15.8. The Kier molecular flexibility index (Phi) is 3.76. The van der Waals surface area contributed by atoms with Crippen LogP contribution in [0.25, 0.3) is 11.3 Å². The first-order valence-electron chi connectivity index (χ1n) is 6.26. The van der Waals surface area contributed by atoms with E-state index in [1.54, 1.807) is 10.7 Å². The third-order valence-electron chi connectivity index (χ3n) is 3.05. The molecule has 2 rings (SSSR count). The SMILES string of the molecule is CC(C)n1nccc1-c1ccc(C(F)(F)F)cc1C(N)=O. The van der Waals surface area contributed by atoms with Crippen molar-refractivity contribution in [3.63, 3.8) is 0 Å². The topological polar surface area (TPSA) is 60.9 Å². The van der Waals surface area contributed by atoms with Gasteiger partial charge in [-0.1, -0.05) is 6.07 Å². The van der Waals surface area contributed by atoms with E-state index in [2.05, 4.69) is 5.10 Å². The number of primary amides is 1. The molecule has 0 aliphatic heterocycles. The number of nitrogens with two attached hydrogens (primary N) is 1. The number of carbonyl (C=O) groups excluding carboxylic acids is 1. The van der Waals surface area contributed by atoms with Crippen molar-refractivity contribution >= 4 is 5.91 Å². The summed E-state index contributed by atoms with van der Waals surface area (Å²) in [6.07, 6.45) is -3.00. The number of carbonyl (C=O) groups is 1. The molecule has 0 unspecified atom stereocenters. The van der Waals surface area contributed by atoms with Gasteiger partial charge in [-0.3, -0.25) is 9.48 Å². The van der Waals surface area contributed by atoms with Crippen LogP contribution >= 0.6 is 0 Å². The molecule has 0 saturated heterocycles. The monoisotopic (exact) mass is 297 g/mol. The van der Waals surface area contributed by atoms with Crippen molar-refractivity contribution in [2.24, 2.45) is 5.73 Å². The second kappa shape index (κ2) is 5.23. The largest absolute Gasteiger partial charge is 0.416 e. The molecule has 7 heteroatoms. The van der Waals surface area contributed by atoms with E-state index >= 15 is 0 Å². The van der Waals surface area contributed by atoms with Crippen molar-refractivity contribution in [2.75, 3.05) is 0 Å². The molecule has 0 atom stereocenters. The zero-order valence-electron chi connectivity index (χ0n) is 11.5. The van der Waals surface area contributed by atoms with E-state index in [0.717, 1.165) is 12.1 Å². The van der Waals surface area contributed by atoms with Crippen molar-refractivity contribution in [1.29, 1.82) is 0 Å². The first kappa shape index (κ1) is 15.1. The Balaban J connectivity index is 2.64. The van der Waals surface area contributed by atoms with Crippen LogP contribution in [0.4, 0.5) is 13.2 Å². The summed E-state index contributed by atoms with van der Waals surface area (Å²) in [5, 5.41) is 4.11. The van der Waals surface area contributed by atoms with Crippen LogP contribution in [0.1, 0.15) is 35.8 Å². The Morgan fingerprint density at radius 2 is 1.95 bits per heavy atom. The maximum Gasteiger partial charge on any atom is 0.416 e. The summed E-state index contributed by atoms with van der Waals surface area (Å²) in [7, 11) is 0. The molecular weight excluding hydrogens is 283 g/mol. The van der Waals surface area contributed by atoms with E-state index < -0.39 is 17.6 Å². The molecule has 1 aromatic heterocycles. The van der Waals surface area contributed by atoms with Crippen molar-refractivity contribution in [2.45, 2.75) is 26.1 Å². The molecule has 2 aromatic rings. The quantitative estimate of drug-likeness (QED) is 0.945. The van der Waals surface area contributed by atoms with Crippen molar-refractivity contribution < 1.29 is 18.0 Å². The molecule has 1 heterocycles. The molecule has 0 spiro atoms. The van der Waals surface area contributed by atoms with Gasteiger partial charge in [0, 0.05) is 23.4 Å². The predicted molar refractivity (Wildman–Crippen MR) is 71.6 cm³/mol. The molecule has 112 valence electrons. The van der Waals surface area contributed by atoms with Crippen molar-refractivity contribution in [3.05, 3.63) is 41.6 Å². The maximum absolute atomic E-state index is 12.7. The fraction of sp³-hybridized carbons (Fsp3) is 0.286. The average Bonchev–Trinajstić information content (AvgIpc) is 2.85. The molecular formula is C14H14F3N3O. The summed E-state index contributed by atoms with van der Waals surface area (Å²) in [5.74, 6) is -0.910. The number of halogens is 3. The van der Waals surface area contributed by atoms with Gasteiger partial charge in [0.15, 0.2) is 0 Å². The lowest BCUT2D eigenvalue weighted by Gasteiger charge is -2.15. The summed E-state index contributed by atoms with van der Waals surface area (Å²) in [5.41, 5.74) is 5.03. The van der Waals surface area contributed by atoms with Crippen LogP contribution in [-0.4, -0.2) is 15.7 Å². The van der Waals surface area contributed by atoms with Gasteiger partial charge in [0.05, 0.1) is 11.3 Å². The van der Waals surface area contributed by atoms with Crippen LogP contribution < -0.4 is 5.73 Å². The van der Waals surface area contributed by atoms with Gasteiger partial charge in [-0.05, 0) is 32.0 Å². The zero-order valence-corrected chi connectivity index (χ0v) is 11.5. The maximum atomic E-state index is 12.7. The summed E-state index contributed by atoms with van der Waals surface area (Å²) < 4.78 is 39.8. The molecule has 0 fully saturated rings. The van der Waals surface area contributed by atoms with Crippen LogP contribution in [-0.2, 0) is 6.18 Å². The average molecular weight is 297 g/mol. The number of rotatable bonds is 3. The molecule has 0 radical (unpaired) electrons. The molecule has 0 bridgehead atoms. The van der Waals surface area contributed by atoms with E-state index in [-0.39, 0.29) is 11.6 Å². The van der Waals surface area contributed by atoms with Gasteiger partial charge in [-0.15, -0.1) is 0 Å². The lowest BCUT2D eigenvalue weighted by molar-refractivity contribution is -0.137. The van der Waals surface area contributed by atoms with Gasteiger partial charge in [0.1, 0.15) is 0 Å². The van der Waals surface area contributed by atoms with Crippen LogP contribution in [0.3, 0.4) is 0 Å². The fourth-order valence-corrected chi connectivity index (χ4v) is 2.09. The highest BCUT2D eigenvalue weighted by Gasteiger charge is 2.32. The van der Waals surface area contributed by atoms with Gasteiger partial charge in [0.25, 0.3) is 0 Å². The molecule has 0 aliphatic rings. The van der Waals surface area contributed by atoms with E-state index in [1.165, 1.54) is 12.3 Å². The normalized spacial score (nSPS) is 11.9. The first-order chi connectivity index (χ1) is 9.71. The van der Waals surface area contributed by atoms with Gasteiger partial charge in [0.2, 0.25) is 5.91 Å².